The number of carbonyl (C=O) groups is 1. The molecule has 0 aliphatic heterocycles. The summed E-state index contributed by atoms with van der Waals surface area (Å²) in [6.45, 7) is 2.01. The summed E-state index contributed by atoms with van der Waals surface area (Å²) in [6.07, 6.45) is 2.87. The standard InChI is InChI=1S/C12H14N4O2/c1-9(16-8-13-7-15-16)12(18)14-6-10-4-2-3-5-11(10)17/h2-5,7-9,17H,6H2,1H3,(H,14,18). The number of hydrogen-bond acceptors (Lipinski definition) is 4. The molecule has 0 aliphatic rings. The van der Waals surface area contributed by atoms with Crippen molar-refractivity contribution in [1.82, 2.24) is 20.1 Å². The van der Waals surface area contributed by atoms with Gasteiger partial charge in [0, 0.05) is 12.1 Å². The second-order valence-corrected chi connectivity index (χ2v) is 3.90. The summed E-state index contributed by atoms with van der Waals surface area (Å²) < 4.78 is 1.47. The normalized spacial score (nSPS) is 12.1. The smallest absolute Gasteiger partial charge is 0.244 e. The molecule has 1 atom stereocenters. The van der Waals surface area contributed by atoms with Gasteiger partial charge in [-0.2, -0.15) is 5.10 Å². The van der Waals surface area contributed by atoms with E-state index in [0.717, 1.165) is 0 Å². The molecule has 1 aromatic heterocycles. The first-order valence-corrected chi connectivity index (χ1v) is 5.57. The molecule has 0 aliphatic carbocycles. The topological polar surface area (TPSA) is 80.0 Å². The lowest BCUT2D eigenvalue weighted by Crippen LogP contribution is -2.30. The monoisotopic (exact) mass is 246 g/mol. The molecule has 2 N–H and O–H groups in total. The Morgan fingerprint density at radius 3 is 2.94 bits per heavy atom. The number of benzene rings is 1. The molecule has 0 radical (unpaired) electrons. The van der Waals surface area contributed by atoms with E-state index in [9.17, 15) is 9.90 Å². The lowest BCUT2D eigenvalue weighted by Gasteiger charge is -2.12. The first-order valence-electron chi connectivity index (χ1n) is 5.57. The molecule has 1 aromatic carbocycles. The lowest BCUT2D eigenvalue weighted by atomic mass is 10.2. The second kappa shape index (κ2) is 5.31. The van der Waals surface area contributed by atoms with Crippen molar-refractivity contribution < 1.29 is 9.90 Å². The first-order chi connectivity index (χ1) is 8.68. The summed E-state index contributed by atoms with van der Waals surface area (Å²) in [4.78, 5) is 15.6. The number of nitrogens with one attached hydrogen (secondary N) is 1. The van der Waals surface area contributed by atoms with E-state index in [2.05, 4.69) is 15.4 Å². The summed E-state index contributed by atoms with van der Waals surface area (Å²) in [5.74, 6) is -0.00466. The molecule has 2 rings (SSSR count). The van der Waals surface area contributed by atoms with E-state index in [0.29, 0.717) is 5.56 Å². The van der Waals surface area contributed by atoms with Crippen molar-refractivity contribution in [1.29, 1.82) is 0 Å². The van der Waals surface area contributed by atoms with Gasteiger partial charge in [-0.05, 0) is 13.0 Å². The number of aromatic nitrogens is 3. The van der Waals surface area contributed by atoms with Gasteiger partial charge in [-0.15, -0.1) is 0 Å². The molecule has 0 spiro atoms. The largest absolute Gasteiger partial charge is 0.508 e. The Labute approximate surface area is 104 Å². The van der Waals surface area contributed by atoms with Gasteiger partial charge in [-0.1, -0.05) is 18.2 Å². The molecule has 6 nitrogen and oxygen atoms in total. The minimum Gasteiger partial charge on any atom is -0.508 e. The number of carbonyl (C=O) groups excluding carboxylic acids is 1. The van der Waals surface area contributed by atoms with Crippen molar-refractivity contribution in [2.45, 2.75) is 19.5 Å². The van der Waals surface area contributed by atoms with Crippen molar-refractivity contribution in [3.63, 3.8) is 0 Å². The van der Waals surface area contributed by atoms with Crippen LogP contribution in [-0.4, -0.2) is 25.8 Å². The van der Waals surface area contributed by atoms with Crippen LogP contribution in [-0.2, 0) is 11.3 Å². The molecular formula is C12H14N4O2. The fourth-order valence-corrected chi connectivity index (χ4v) is 1.53. The highest BCUT2D eigenvalue weighted by Crippen LogP contribution is 2.15. The van der Waals surface area contributed by atoms with Crippen LogP contribution in [0.25, 0.3) is 0 Å². The van der Waals surface area contributed by atoms with Gasteiger partial charge in [-0.3, -0.25) is 4.79 Å². The van der Waals surface area contributed by atoms with Crippen LogP contribution in [0.2, 0.25) is 0 Å². The van der Waals surface area contributed by atoms with E-state index in [1.54, 1.807) is 25.1 Å². The van der Waals surface area contributed by atoms with Crippen LogP contribution in [0, 0.1) is 0 Å². The maximum atomic E-state index is 11.8. The molecule has 6 heteroatoms. The Hall–Kier alpha value is -2.37. The lowest BCUT2D eigenvalue weighted by molar-refractivity contribution is -0.124. The third kappa shape index (κ3) is 2.65. The third-order valence-corrected chi connectivity index (χ3v) is 2.66. The number of phenolic OH excluding ortho intramolecular Hbond substituents is 1. The highest BCUT2D eigenvalue weighted by molar-refractivity contribution is 5.79. The Morgan fingerprint density at radius 2 is 2.28 bits per heavy atom. The van der Waals surface area contributed by atoms with Gasteiger partial charge in [0.1, 0.15) is 24.4 Å². The predicted octanol–water partition coefficient (Wildman–Crippen LogP) is 0.861. The predicted molar refractivity (Wildman–Crippen MR) is 64.7 cm³/mol. The molecule has 1 amide bonds. The molecular weight excluding hydrogens is 232 g/mol. The maximum absolute atomic E-state index is 11.8. The Bertz CT molecular complexity index is 525. The van der Waals surface area contributed by atoms with Crippen molar-refractivity contribution in [3.05, 3.63) is 42.5 Å². The minimum absolute atomic E-state index is 0.172. The zero-order valence-corrected chi connectivity index (χ0v) is 9.95. The second-order valence-electron chi connectivity index (χ2n) is 3.90. The Balaban J connectivity index is 1.95. The van der Waals surface area contributed by atoms with Gasteiger partial charge in [0.2, 0.25) is 5.91 Å². The van der Waals surface area contributed by atoms with Crippen LogP contribution in [0.1, 0.15) is 18.5 Å². The number of amides is 1. The van der Waals surface area contributed by atoms with Crippen LogP contribution in [0.5, 0.6) is 5.75 Å². The van der Waals surface area contributed by atoms with Gasteiger partial charge in [0.15, 0.2) is 0 Å². The average Bonchev–Trinajstić information content (AvgIpc) is 2.90. The van der Waals surface area contributed by atoms with Crippen LogP contribution < -0.4 is 5.32 Å². The summed E-state index contributed by atoms with van der Waals surface area (Å²) >= 11 is 0. The number of aromatic hydroxyl groups is 1. The van der Waals surface area contributed by atoms with Crippen molar-refractivity contribution in [3.8, 4) is 5.75 Å². The third-order valence-electron chi connectivity index (χ3n) is 2.66. The highest BCUT2D eigenvalue weighted by Gasteiger charge is 2.15. The summed E-state index contributed by atoms with van der Waals surface area (Å²) in [7, 11) is 0. The van der Waals surface area contributed by atoms with E-state index in [-0.39, 0.29) is 18.2 Å². The summed E-state index contributed by atoms with van der Waals surface area (Å²) in [5, 5.41) is 16.2. The van der Waals surface area contributed by atoms with Gasteiger partial charge < -0.3 is 10.4 Å². The molecule has 1 unspecified atom stereocenters. The molecule has 0 saturated carbocycles. The van der Waals surface area contributed by atoms with E-state index in [1.807, 2.05) is 6.07 Å². The number of nitrogens with zero attached hydrogens (tertiary/aromatic N) is 3. The van der Waals surface area contributed by atoms with E-state index < -0.39 is 6.04 Å². The zero-order valence-electron chi connectivity index (χ0n) is 9.95. The zero-order chi connectivity index (χ0) is 13.0. The molecule has 2 aromatic rings. The number of phenols is 1. The minimum atomic E-state index is -0.432. The quantitative estimate of drug-likeness (QED) is 0.838. The molecule has 0 fully saturated rings. The van der Waals surface area contributed by atoms with Gasteiger partial charge >= 0.3 is 0 Å². The number of hydrogen-bond donors (Lipinski definition) is 2. The Kier molecular flexibility index (Phi) is 3.57. The van der Waals surface area contributed by atoms with E-state index >= 15 is 0 Å². The van der Waals surface area contributed by atoms with Crippen molar-refractivity contribution in [2.75, 3.05) is 0 Å². The van der Waals surface area contributed by atoms with Crippen LogP contribution in [0.3, 0.4) is 0 Å². The van der Waals surface area contributed by atoms with E-state index in [1.165, 1.54) is 17.3 Å². The average molecular weight is 246 g/mol. The first kappa shape index (κ1) is 12.1. The number of para-hydroxylation sites is 1. The van der Waals surface area contributed by atoms with Gasteiger partial charge in [0.05, 0.1) is 0 Å². The summed E-state index contributed by atoms with van der Waals surface area (Å²) in [6, 6.07) is 6.46. The fraction of sp³-hybridized carbons (Fsp3) is 0.250. The van der Waals surface area contributed by atoms with Crippen LogP contribution >= 0.6 is 0 Å². The molecule has 18 heavy (non-hydrogen) atoms. The SMILES string of the molecule is CC(C(=O)NCc1ccccc1O)n1cncn1. The fourth-order valence-electron chi connectivity index (χ4n) is 1.53. The molecule has 0 bridgehead atoms. The van der Waals surface area contributed by atoms with Crippen molar-refractivity contribution in [2.24, 2.45) is 0 Å². The highest BCUT2D eigenvalue weighted by atomic mass is 16.3. The van der Waals surface area contributed by atoms with Crippen LogP contribution in [0.15, 0.2) is 36.9 Å². The van der Waals surface area contributed by atoms with Crippen LogP contribution in [0.4, 0.5) is 0 Å². The molecule has 1 heterocycles. The van der Waals surface area contributed by atoms with Crippen molar-refractivity contribution >= 4 is 5.91 Å². The summed E-state index contributed by atoms with van der Waals surface area (Å²) in [5.41, 5.74) is 0.677. The Morgan fingerprint density at radius 1 is 1.50 bits per heavy atom. The molecule has 0 saturated heterocycles. The number of rotatable bonds is 4. The van der Waals surface area contributed by atoms with E-state index in [4.69, 9.17) is 0 Å². The molecule has 94 valence electrons. The van der Waals surface area contributed by atoms with Gasteiger partial charge in [0.25, 0.3) is 0 Å². The maximum Gasteiger partial charge on any atom is 0.244 e. The van der Waals surface area contributed by atoms with Gasteiger partial charge in [-0.25, -0.2) is 9.67 Å².